The highest BCUT2D eigenvalue weighted by atomic mass is 32.1. The Labute approximate surface area is 112 Å². The summed E-state index contributed by atoms with van der Waals surface area (Å²) >= 11 is 1.67. The van der Waals surface area contributed by atoms with E-state index in [9.17, 15) is 0 Å². The number of aliphatic hydroxyl groups excluding tert-OH is 1. The third kappa shape index (κ3) is 2.91. The molecule has 100 valence electrons. The molecule has 0 aliphatic rings. The number of aryl methyl sites for hydroxylation is 1. The second-order valence-corrected chi connectivity index (χ2v) is 5.49. The lowest BCUT2D eigenvalue weighted by Gasteiger charge is -2.14. The maximum Gasteiger partial charge on any atom is 0.194 e. The van der Waals surface area contributed by atoms with Gasteiger partial charge in [-0.2, -0.15) is 0 Å². The highest BCUT2D eigenvalue weighted by Crippen LogP contribution is 2.16. The fraction of sp³-hybridized carbons (Fsp3) is 0.615. The van der Waals surface area contributed by atoms with Gasteiger partial charge in [0, 0.05) is 24.7 Å². The predicted octanol–water partition coefficient (Wildman–Crippen LogP) is 2.20. The van der Waals surface area contributed by atoms with E-state index in [1.807, 2.05) is 0 Å². The second kappa shape index (κ2) is 6.31. The Kier molecular flexibility index (Phi) is 4.74. The quantitative estimate of drug-likeness (QED) is 0.808. The van der Waals surface area contributed by atoms with Gasteiger partial charge >= 0.3 is 0 Å². The van der Waals surface area contributed by atoms with Gasteiger partial charge in [0.05, 0.1) is 11.4 Å². The lowest BCUT2D eigenvalue weighted by molar-refractivity contribution is 0.251. The predicted molar refractivity (Wildman–Crippen MR) is 75.0 cm³/mol. The minimum atomic E-state index is 0.278. The first-order valence-electron chi connectivity index (χ1n) is 6.48. The summed E-state index contributed by atoms with van der Waals surface area (Å²) in [5.74, 6) is 0.557. The van der Waals surface area contributed by atoms with Crippen molar-refractivity contribution in [2.45, 2.75) is 33.2 Å². The number of rotatable bonds is 7. The van der Waals surface area contributed by atoms with Crippen molar-refractivity contribution in [3.05, 3.63) is 23.0 Å². The molecule has 0 aliphatic heterocycles. The molecule has 2 heterocycles. The van der Waals surface area contributed by atoms with E-state index in [2.05, 4.69) is 40.1 Å². The minimum absolute atomic E-state index is 0.278. The van der Waals surface area contributed by atoms with Crippen LogP contribution in [0, 0.1) is 12.8 Å². The average molecular weight is 267 g/mol. The van der Waals surface area contributed by atoms with Gasteiger partial charge in [0.25, 0.3) is 0 Å². The summed E-state index contributed by atoms with van der Waals surface area (Å²) in [6.07, 6.45) is 4.05. The molecule has 2 aromatic rings. The van der Waals surface area contributed by atoms with Gasteiger partial charge in [-0.1, -0.05) is 13.3 Å². The molecule has 18 heavy (non-hydrogen) atoms. The summed E-state index contributed by atoms with van der Waals surface area (Å²) in [6, 6.07) is 0. The van der Waals surface area contributed by atoms with Crippen LogP contribution < -0.4 is 5.32 Å². The van der Waals surface area contributed by atoms with Gasteiger partial charge in [-0.05, 0) is 25.8 Å². The van der Waals surface area contributed by atoms with Crippen LogP contribution >= 0.6 is 11.3 Å². The minimum Gasteiger partial charge on any atom is -0.396 e. The van der Waals surface area contributed by atoms with Gasteiger partial charge in [0.15, 0.2) is 4.96 Å². The van der Waals surface area contributed by atoms with Crippen LogP contribution in [-0.4, -0.2) is 27.6 Å². The number of aromatic nitrogens is 2. The molecule has 0 fully saturated rings. The van der Waals surface area contributed by atoms with Crippen LogP contribution in [0.1, 0.15) is 31.2 Å². The van der Waals surface area contributed by atoms with E-state index in [-0.39, 0.29) is 6.61 Å². The van der Waals surface area contributed by atoms with Gasteiger partial charge in [0.2, 0.25) is 0 Å². The van der Waals surface area contributed by atoms with Crippen molar-refractivity contribution in [3.8, 4) is 0 Å². The monoisotopic (exact) mass is 267 g/mol. The molecule has 2 N–H and O–H groups in total. The fourth-order valence-corrected chi connectivity index (χ4v) is 2.96. The summed E-state index contributed by atoms with van der Waals surface area (Å²) in [7, 11) is 0. The van der Waals surface area contributed by atoms with E-state index in [0.29, 0.717) is 5.92 Å². The first-order valence-corrected chi connectivity index (χ1v) is 7.36. The van der Waals surface area contributed by atoms with E-state index in [0.717, 1.165) is 36.6 Å². The van der Waals surface area contributed by atoms with Gasteiger partial charge in [0.1, 0.15) is 0 Å². The Morgan fingerprint density at radius 3 is 3.11 bits per heavy atom. The Bertz CT molecular complexity index is 491. The Hall–Kier alpha value is -0.910. The van der Waals surface area contributed by atoms with Gasteiger partial charge < -0.3 is 10.4 Å². The number of aliphatic hydroxyl groups is 1. The standard InChI is InChI=1S/C13H21N3OS/c1-3-11(4-6-17)8-14-9-12-10(2)15-13-16(12)5-7-18-13/h5,7,11,14,17H,3-4,6,8-9H2,1-2H3. The molecule has 5 heteroatoms. The van der Waals surface area contributed by atoms with Crippen molar-refractivity contribution in [1.82, 2.24) is 14.7 Å². The third-order valence-corrected chi connectivity index (χ3v) is 4.16. The van der Waals surface area contributed by atoms with Crippen molar-refractivity contribution >= 4 is 16.3 Å². The number of hydrogen-bond acceptors (Lipinski definition) is 4. The van der Waals surface area contributed by atoms with Gasteiger partial charge in [-0.3, -0.25) is 4.40 Å². The first-order chi connectivity index (χ1) is 8.76. The van der Waals surface area contributed by atoms with Gasteiger partial charge in [-0.15, -0.1) is 11.3 Å². The molecule has 4 nitrogen and oxygen atoms in total. The molecule has 1 atom stereocenters. The van der Waals surface area contributed by atoms with Crippen molar-refractivity contribution in [2.75, 3.05) is 13.2 Å². The second-order valence-electron chi connectivity index (χ2n) is 4.62. The number of fused-ring (bicyclic) bond motifs is 1. The summed E-state index contributed by atoms with van der Waals surface area (Å²) < 4.78 is 2.15. The molecule has 0 saturated carbocycles. The molecule has 1 unspecified atom stereocenters. The number of nitrogens with zero attached hydrogens (tertiary/aromatic N) is 2. The Balaban J connectivity index is 1.93. The summed E-state index contributed by atoms with van der Waals surface area (Å²) in [6.45, 7) is 6.30. The molecule has 2 rings (SSSR count). The summed E-state index contributed by atoms with van der Waals surface area (Å²) in [5, 5.41) is 14.5. The Morgan fingerprint density at radius 1 is 1.56 bits per heavy atom. The zero-order chi connectivity index (χ0) is 13.0. The molecule has 0 radical (unpaired) electrons. The lowest BCUT2D eigenvalue weighted by Crippen LogP contribution is -2.23. The van der Waals surface area contributed by atoms with Crippen LogP contribution in [0.3, 0.4) is 0 Å². The maximum atomic E-state index is 8.97. The zero-order valence-corrected chi connectivity index (χ0v) is 11.8. The normalized spacial score (nSPS) is 13.3. The molecule has 0 amide bonds. The van der Waals surface area contributed by atoms with Crippen LogP contribution in [-0.2, 0) is 6.54 Å². The van der Waals surface area contributed by atoms with Gasteiger partial charge in [-0.25, -0.2) is 4.98 Å². The van der Waals surface area contributed by atoms with E-state index < -0.39 is 0 Å². The molecular formula is C13H21N3OS. The van der Waals surface area contributed by atoms with Crippen LogP contribution in [0.25, 0.3) is 4.96 Å². The smallest absolute Gasteiger partial charge is 0.194 e. The number of nitrogens with one attached hydrogen (secondary N) is 1. The molecular weight excluding hydrogens is 246 g/mol. The number of hydrogen-bond donors (Lipinski definition) is 2. The molecule has 0 aliphatic carbocycles. The van der Waals surface area contributed by atoms with Crippen LogP contribution in [0.5, 0.6) is 0 Å². The molecule has 0 spiro atoms. The van der Waals surface area contributed by atoms with Crippen molar-refractivity contribution in [1.29, 1.82) is 0 Å². The largest absolute Gasteiger partial charge is 0.396 e. The van der Waals surface area contributed by atoms with Crippen molar-refractivity contribution in [3.63, 3.8) is 0 Å². The lowest BCUT2D eigenvalue weighted by atomic mass is 10.0. The highest BCUT2D eigenvalue weighted by molar-refractivity contribution is 7.15. The topological polar surface area (TPSA) is 49.6 Å². The number of imidazole rings is 1. The number of thiazole rings is 1. The molecule has 0 saturated heterocycles. The summed E-state index contributed by atoms with van der Waals surface area (Å²) in [5.41, 5.74) is 2.34. The van der Waals surface area contributed by atoms with Crippen molar-refractivity contribution in [2.24, 2.45) is 5.92 Å². The fourth-order valence-electron chi connectivity index (χ4n) is 2.18. The molecule has 2 aromatic heterocycles. The zero-order valence-electron chi connectivity index (χ0n) is 11.0. The maximum absolute atomic E-state index is 8.97. The van der Waals surface area contributed by atoms with E-state index in [1.165, 1.54) is 5.69 Å². The molecule has 0 aromatic carbocycles. The van der Waals surface area contributed by atoms with Crippen LogP contribution in [0.15, 0.2) is 11.6 Å². The third-order valence-electron chi connectivity index (χ3n) is 3.40. The van der Waals surface area contributed by atoms with E-state index >= 15 is 0 Å². The average Bonchev–Trinajstić information content (AvgIpc) is 2.90. The SMILES string of the molecule is CCC(CCO)CNCc1c(C)nc2sccn12. The van der Waals surface area contributed by atoms with Crippen LogP contribution in [0.4, 0.5) is 0 Å². The molecule has 0 bridgehead atoms. The van der Waals surface area contributed by atoms with Crippen molar-refractivity contribution < 1.29 is 5.11 Å². The van der Waals surface area contributed by atoms with E-state index in [1.54, 1.807) is 11.3 Å². The first kappa shape index (κ1) is 13.5. The Morgan fingerprint density at radius 2 is 2.39 bits per heavy atom. The summed E-state index contributed by atoms with van der Waals surface area (Å²) in [4.78, 5) is 5.59. The highest BCUT2D eigenvalue weighted by Gasteiger charge is 2.10. The van der Waals surface area contributed by atoms with E-state index in [4.69, 9.17) is 5.11 Å². The van der Waals surface area contributed by atoms with Crippen LogP contribution in [0.2, 0.25) is 0 Å².